The summed E-state index contributed by atoms with van der Waals surface area (Å²) in [6, 6.07) is 33.2. The highest BCUT2D eigenvalue weighted by Gasteiger charge is 2.22. The molecule has 0 fully saturated rings. The van der Waals surface area contributed by atoms with Gasteiger partial charge in [0.25, 0.3) is 0 Å². The largest absolute Gasteiger partial charge is 0.507 e. The average molecular weight is 617 g/mol. The topological polar surface area (TPSA) is 63.8 Å². The second kappa shape index (κ2) is 11.2. The molecule has 4 aromatic carbocycles. The number of hydrogen-bond acceptors (Lipinski definition) is 4. The normalized spacial score (nSPS) is 12.2. The molecule has 0 atom stereocenters. The number of benzene rings is 4. The number of rotatable bonds is 4. The molecule has 3 aromatic heterocycles. The molecule has 0 aliphatic rings. The molecule has 0 amide bonds. The van der Waals surface area contributed by atoms with Gasteiger partial charge in [-0.25, -0.2) is 9.97 Å². The Balaban J connectivity index is 1.49. The number of pyridine rings is 2. The quantitative estimate of drug-likeness (QED) is 0.214. The van der Waals surface area contributed by atoms with E-state index in [0.717, 1.165) is 56.0 Å². The van der Waals surface area contributed by atoms with Crippen LogP contribution in [0.5, 0.6) is 5.75 Å². The van der Waals surface area contributed by atoms with Crippen molar-refractivity contribution < 1.29 is 5.11 Å². The zero-order chi connectivity index (χ0) is 33.1. The second-order valence-electron chi connectivity index (χ2n) is 14.5. The minimum absolute atomic E-state index is 0.0267. The number of phenolic OH excluding ortho intramolecular Hbond substituents is 1. The summed E-state index contributed by atoms with van der Waals surface area (Å²) in [5.74, 6) is 0.988. The van der Waals surface area contributed by atoms with Crippen LogP contribution in [0.4, 0.5) is 0 Å². The molecule has 0 aliphatic carbocycles. The van der Waals surface area contributed by atoms with Gasteiger partial charge < -0.3 is 5.11 Å². The zero-order valence-corrected chi connectivity index (χ0v) is 28.1. The standard InChI is InChI=1S/C42H40N4O/c1-26-19-21-43-37-34(26)24-30(42(5,6)7)25-35(37)27-11-10-12-28(23-27)39-45-38-33(32-13-8-9-14-36(32)47)20-22-44-40(38)46(39)31-17-15-29(16-18-31)41(2,3)4/h8-25,47H,1-7H3. The lowest BCUT2D eigenvalue weighted by Crippen LogP contribution is -2.11. The molecule has 0 spiro atoms. The number of aryl methyl sites for hydroxylation is 1. The van der Waals surface area contributed by atoms with Gasteiger partial charge in [-0.3, -0.25) is 9.55 Å². The summed E-state index contributed by atoms with van der Waals surface area (Å²) in [6.45, 7) is 15.6. The minimum Gasteiger partial charge on any atom is -0.507 e. The minimum atomic E-state index is -0.0267. The van der Waals surface area contributed by atoms with E-state index < -0.39 is 0 Å². The zero-order valence-electron chi connectivity index (χ0n) is 28.1. The summed E-state index contributed by atoms with van der Waals surface area (Å²) in [5.41, 5.74) is 11.8. The summed E-state index contributed by atoms with van der Waals surface area (Å²) in [6.07, 6.45) is 3.69. The fourth-order valence-electron chi connectivity index (χ4n) is 6.31. The third-order valence-corrected chi connectivity index (χ3v) is 9.09. The second-order valence-corrected chi connectivity index (χ2v) is 14.5. The van der Waals surface area contributed by atoms with E-state index in [1.165, 1.54) is 22.1 Å². The molecule has 1 N–H and O–H groups in total. The number of phenols is 1. The molecule has 0 unspecified atom stereocenters. The summed E-state index contributed by atoms with van der Waals surface area (Å²) in [5, 5.41) is 12.0. The Morgan fingerprint density at radius 3 is 2.02 bits per heavy atom. The van der Waals surface area contributed by atoms with E-state index in [2.05, 4.69) is 120 Å². The van der Waals surface area contributed by atoms with Gasteiger partial charge in [-0.15, -0.1) is 0 Å². The third kappa shape index (κ3) is 5.46. The van der Waals surface area contributed by atoms with Crippen molar-refractivity contribution in [2.75, 3.05) is 0 Å². The average Bonchev–Trinajstić information content (AvgIpc) is 3.44. The van der Waals surface area contributed by atoms with Crippen molar-refractivity contribution in [2.24, 2.45) is 0 Å². The van der Waals surface area contributed by atoms with Crippen molar-refractivity contribution in [3.8, 4) is 45.1 Å². The van der Waals surface area contributed by atoms with E-state index in [4.69, 9.17) is 15.0 Å². The lowest BCUT2D eigenvalue weighted by molar-refractivity contribution is 0.477. The van der Waals surface area contributed by atoms with Crippen molar-refractivity contribution in [2.45, 2.75) is 59.3 Å². The van der Waals surface area contributed by atoms with Crippen molar-refractivity contribution in [3.63, 3.8) is 0 Å². The lowest BCUT2D eigenvalue weighted by atomic mass is 9.83. The fourth-order valence-corrected chi connectivity index (χ4v) is 6.31. The van der Waals surface area contributed by atoms with E-state index in [-0.39, 0.29) is 16.6 Å². The number of hydrogen-bond donors (Lipinski definition) is 1. The van der Waals surface area contributed by atoms with Gasteiger partial charge in [0.05, 0.1) is 5.52 Å². The van der Waals surface area contributed by atoms with Crippen LogP contribution in [0.3, 0.4) is 0 Å². The number of fused-ring (bicyclic) bond motifs is 2. The number of aromatic hydroxyl groups is 1. The molecule has 5 heteroatoms. The Morgan fingerprint density at radius 1 is 0.596 bits per heavy atom. The summed E-state index contributed by atoms with van der Waals surface area (Å²) in [7, 11) is 0. The number of para-hydroxylation sites is 1. The molecule has 7 rings (SSSR count). The van der Waals surface area contributed by atoms with E-state index in [1.807, 2.05) is 30.5 Å². The number of nitrogens with zero attached hydrogens (tertiary/aromatic N) is 4. The van der Waals surface area contributed by atoms with Crippen LogP contribution in [0.2, 0.25) is 0 Å². The van der Waals surface area contributed by atoms with Gasteiger partial charge in [-0.2, -0.15) is 0 Å². The Labute approximate surface area is 276 Å². The van der Waals surface area contributed by atoms with Crippen molar-refractivity contribution in [1.29, 1.82) is 0 Å². The monoisotopic (exact) mass is 616 g/mol. The maximum atomic E-state index is 10.8. The Morgan fingerprint density at radius 2 is 1.30 bits per heavy atom. The van der Waals surface area contributed by atoms with Crippen LogP contribution in [0, 0.1) is 6.92 Å². The highest BCUT2D eigenvalue weighted by molar-refractivity contribution is 5.98. The molecule has 5 nitrogen and oxygen atoms in total. The Kier molecular flexibility index (Phi) is 7.24. The van der Waals surface area contributed by atoms with Crippen LogP contribution in [0.15, 0.2) is 109 Å². The first-order valence-corrected chi connectivity index (χ1v) is 16.2. The first-order chi connectivity index (χ1) is 22.4. The molecule has 47 heavy (non-hydrogen) atoms. The van der Waals surface area contributed by atoms with E-state index >= 15 is 0 Å². The molecule has 7 aromatic rings. The van der Waals surface area contributed by atoms with Gasteiger partial charge in [0.1, 0.15) is 17.1 Å². The first kappa shape index (κ1) is 30.4. The summed E-state index contributed by atoms with van der Waals surface area (Å²) >= 11 is 0. The smallest absolute Gasteiger partial charge is 0.165 e. The third-order valence-electron chi connectivity index (χ3n) is 9.09. The lowest BCUT2D eigenvalue weighted by Gasteiger charge is -2.22. The predicted molar refractivity (Wildman–Crippen MR) is 194 cm³/mol. The van der Waals surface area contributed by atoms with Crippen LogP contribution in [0.1, 0.15) is 58.2 Å². The maximum absolute atomic E-state index is 10.8. The van der Waals surface area contributed by atoms with Crippen LogP contribution < -0.4 is 0 Å². The van der Waals surface area contributed by atoms with E-state index in [0.29, 0.717) is 0 Å². The molecule has 3 heterocycles. The van der Waals surface area contributed by atoms with Crippen molar-refractivity contribution in [1.82, 2.24) is 19.5 Å². The SMILES string of the molecule is Cc1ccnc2c(-c3cccc(-c4nc5c(-c6ccccc6O)ccnc5n4-c4ccc(C(C)(C)C)cc4)c3)cc(C(C)(C)C)cc12. The van der Waals surface area contributed by atoms with Crippen molar-refractivity contribution in [3.05, 3.63) is 126 Å². The highest BCUT2D eigenvalue weighted by atomic mass is 16.3. The molecule has 234 valence electrons. The maximum Gasteiger partial charge on any atom is 0.165 e. The van der Waals surface area contributed by atoms with Crippen LogP contribution in [-0.4, -0.2) is 24.6 Å². The molecule has 0 saturated heterocycles. The van der Waals surface area contributed by atoms with Gasteiger partial charge >= 0.3 is 0 Å². The molecular weight excluding hydrogens is 576 g/mol. The van der Waals surface area contributed by atoms with Crippen molar-refractivity contribution >= 4 is 22.1 Å². The number of imidazole rings is 1. The Bertz CT molecular complexity index is 2280. The van der Waals surface area contributed by atoms with Crippen LogP contribution in [-0.2, 0) is 10.8 Å². The molecule has 0 saturated carbocycles. The van der Waals surface area contributed by atoms with Gasteiger partial charge in [-0.1, -0.05) is 90.1 Å². The van der Waals surface area contributed by atoms with Gasteiger partial charge in [0.15, 0.2) is 5.65 Å². The number of aromatic nitrogens is 4. The Hall–Kier alpha value is -5.29. The summed E-state index contributed by atoms with van der Waals surface area (Å²) < 4.78 is 2.14. The molecule has 0 radical (unpaired) electrons. The van der Waals surface area contributed by atoms with Gasteiger partial charge in [0, 0.05) is 45.7 Å². The van der Waals surface area contributed by atoms with E-state index in [1.54, 1.807) is 12.3 Å². The van der Waals surface area contributed by atoms with Crippen LogP contribution in [0.25, 0.3) is 61.4 Å². The van der Waals surface area contributed by atoms with Crippen LogP contribution >= 0.6 is 0 Å². The highest BCUT2D eigenvalue weighted by Crippen LogP contribution is 2.39. The predicted octanol–water partition coefficient (Wildman–Crippen LogP) is 10.6. The first-order valence-electron chi connectivity index (χ1n) is 16.2. The molecule has 0 aliphatic heterocycles. The fraction of sp³-hybridized carbons (Fsp3) is 0.214. The molecular formula is C42H40N4O. The molecule has 0 bridgehead atoms. The van der Waals surface area contributed by atoms with Gasteiger partial charge in [-0.05, 0) is 88.5 Å². The summed E-state index contributed by atoms with van der Waals surface area (Å²) in [4.78, 5) is 15.0. The van der Waals surface area contributed by atoms with Gasteiger partial charge in [0.2, 0.25) is 0 Å². The van der Waals surface area contributed by atoms with E-state index in [9.17, 15) is 5.11 Å².